The highest BCUT2D eigenvalue weighted by molar-refractivity contribution is 5.79. The Balaban J connectivity index is 1.98. The van der Waals surface area contributed by atoms with Gasteiger partial charge < -0.3 is 9.47 Å². The van der Waals surface area contributed by atoms with Crippen molar-refractivity contribution in [1.29, 1.82) is 0 Å². The second-order valence-electron chi connectivity index (χ2n) is 4.27. The molecule has 2 rings (SSSR count). The van der Waals surface area contributed by atoms with Gasteiger partial charge in [0.25, 0.3) is 0 Å². The monoisotopic (exact) mass is 184 g/mol. The molecule has 0 N–H and O–H groups in total. The van der Waals surface area contributed by atoms with Crippen molar-refractivity contribution < 1.29 is 14.3 Å². The Morgan fingerprint density at radius 2 is 1.77 bits per heavy atom. The van der Waals surface area contributed by atoms with E-state index in [0.29, 0.717) is 31.8 Å². The number of hydrogen-bond donors (Lipinski definition) is 0. The van der Waals surface area contributed by atoms with Gasteiger partial charge in [-0.2, -0.15) is 0 Å². The van der Waals surface area contributed by atoms with Gasteiger partial charge in [0.2, 0.25) is 0 Å². The predicted molar refractivity (Wildman–Crippen MR) is 47.3 cm³/mol. The van der Waals surface area contributed by atoms with E-state index >= 15 is 0 Å². The third kappa shape index (κ3) is 1.76. The standard InChI is InChI=1S/C10H16O3/c1-10(9-12-6-7-13-9)4-2-8(11)3-5-10/h9H,2-7H2,1H3. The van der Waals surface area contributed by atoms with Crippen molar-refractivity contribution in [2.75, 3.05) is 13.2 Å². The van der Waals surface area contributed by atoms with E-state index in [-0.39, 0.29) is 11.7 Å². The molecule has 3 nitrogen and oxygen atoms in total. The van der Waals surface area contributed by atoms with Crippen LogP contribution in [0.3, 0.4) is 0 Å². The van der Waals surface area contributed by atoms with Gasteiger partial charge in [0.1, 0.15) is 5.78 Å². The van der Waals surface area contributed by atoms with Crippen molar-refractivity contribution in [2.24, 2.45) is 5.41 Å². The van der Waals surface area contributed by atoms with Crippen molar-refractivity contribution in [3.05, 3.63) is 0 Å². The maximum absolute atomic E-state index is 11.1. The summed E-state index contributed by atoms with van der Waals surface area (Å²) in [5.41, 5.74) is 0.0738. The van der Waals surface area contributed by atoms with Gasteiger partial charge in [-0.3, -0.25) is 4.79 Å². The molecule has 0 aromatic heterocycles. The van der Waals surface area contributed by atoms with Crippen LogP contribution in [-0.2, 0) is 14.3 Å². The zero-order chi connectivity index (χ0) is 9.31. The molecule has 1 aliphatic heterocycles. The molecule has 0 atom stereocenters. The molecule has 0 spiro atoms. The van der Waals surface area contributed by atoms with Crippen LogP contribution in [0.4, 0.5) is 0 Å². The zero-order valence-electron chi connectivity index (χ0n) is 8.04. The second-order valence-corrected chi connectivity index (χ2v) is 4.27. The lowest BCUT2D eigenvalue weighted by molar-refractivity contribution is -0.147. The summed E-state index contributed by atoms with van der Waals surface area (Å²) in [6.45, 7) is 3.57. The molecule has 2 aliphatic rings. The first-order valence-corrected chi connectivity index (χ1v) is 4.96. The van der Waals surface area contributed by atoms with Gasteiger partial charge in [-0.15, -0.1) is 0 Å². The second kappa shape index (κ2) is 3.39. The number of hydrogen-bond acceptors (Lipinski definition) is 3. The van der Waals surface area contributed by atoms with E-state index in [1.54, 1.807) is 0 Å². The first kappa shape index (κ1) is 9.16. The Bertz CT molecular complexity index is 196. The Morgan fingerprint density at radius 3 is 2.31 bits per heavy atom. The molecular formula is C10H16O3. The summed E-state index contributed by atoms with van der Waals surface area (Å²) in [5, 5.41) is 0. The van der Waals surface area contributed by atoms with E-state index in [1.165, 1.54) is 0 Å². The highest BCUT2D eigenvalue weighted by Gasteiger charge is 2.40. The Morgan fingerprint density at radius 1 is 1.23 bits per heavy atom. The SMILES string of the molecule is CC1(C2OCCO2)CCC(=O)CC1. The lowest BCUT2D eigenvalue weighted by Gasteiger charge is -2.36. The van der Waals surface area contributed by atoms with Gasteiger partial charge in [-0.25, -0.2) is 0 Å². The fourth-order valence-electron chi connectivity index (χ4n) is 2.10. The molecular weight excluding hydrogens is 168 g/mol. The van der Waals surface area contributed by atoms with Gasteiger partial charge in [0, 0.05) is 18.3 Å². The molecule has 0 amide bonds. The highest BCUT2D eigenvalue weighted by Crippen LogP contribution is 2.40. The van der Waals surface area contributed by atoms with Crippen molar-refractivity contribution in [3.8, 4) is 0 Å². The summed E-state index contributed by atoms with van der Waals surface area (Å²) < 4.78 is 11.0. The van der Waals surface area contributed by atoms with E-state index in [9.17, 15) is 4.79 Å². The predicted octanol–water partition coefficient (Wildman–Crippen LogP) is 1.51. The lowest BCUT2D eigenvalue weighted by Crippen LogP contribution is -2.37. The van der Waals surface area contributed by atoms with Crippen LogP contribution in [0.1, 0.15) is 32.6 Å². The summed E-state index contributed by atoms with van der Waals surface area (Å²) in [4.78, 5) is 11.1. The Hall–Kier alpha value is -0.410. The molecule has 1 heterocycles. The lowest BCUT2D eigenvalue weighted by atomic mass is 9.74. The molecule has 0 aromatic carbocycles. The molecule has 0 unspecified atom stereocenters. The fraction of sp³-hybridized carbons (Fsp3) is 0.900. The average Bonchev–Trinajstić information content (AvgIpc) is 2.63. The number of ether oxygens (including phenoxy) is 2. The van der Waals surface area contributed by atoms with Crippen LogP contribution < -0.4 is 0 Å². The number of carbonyl (C=O) groups excluding carboxylic acids is 1. The van der Waals surface area contributed by atoms with Crippen molar-refractivity contribution in [3.63, 3.8) is 0 Å². The van der Waals surface area contributed by atoms with Crippen molar-refractivity contribution in [1.82, 2.24) is 0 Å². The van der Waals surface area contributed by atoms with Crippen molar-refractivity contribution >= 4 is 5.78 Å². The maximum Gasteiger partial charge on any atom is 0.163 e. The maximum atomic E-state index is 11.1. The van der Waals surface area contributed by atoms with E-state index in [0.717, 1.165) is 12.8 Å². The van der Waals surface area contributed by atoms with Crippen LogP contribution in [0.15, 0.2) is 0 Å². The van der Waals surface area contributed by atoms with E-state index in [2.05, 4.69) is 6.92 Å². The van der Waals surface area contributed by atoms with Crippen LogP contribution in [0.5, 0.6) is 0 Å². The van der Waals surface area contributed by atoms with Gasteiger partial charge >= 0.3 is 0 Å². The molecule has 2 fully saturated rings. The summed E-state index contributed by atoms with van der Waals surface area (Å²) in [6, 6.07) is 0. The largest absolute Gasteiger partial charge is 0.350 e. The van der Waals surface area contributed by atoms with Gasteiger partial charge in [-0.1, -0.05) is 6.92 Å². The minimum atomic E-state index is -0.0689. The van der Waals surface area contributed by atoms with Gasteiger partial charge in [0.05, 0.1) is 13.2 Å². The van der Waals surface area contributed by atoms with Crippen LogP contribution >= 0.6 is 0 Å². The van der Waals surface area contributed by atoms with Crippen LogP contribution in [-0.4, -0.2) is 25.3 Å². The van der Waals surface area contributed by atoms with Crippen LogP contribution in [0, 0.1) is 5.41 Å². The number of carbonyl (C=O) groups is 1. The molecule has 1 saturated heterocycles. The molecule has 1 aliphatic carbocycles. The molecule has 3 heteroatoms. The molecule has 13 heavy (non-hydrogen) atoms. The molecule has 0 aromatic rings. The number of rotatable bonds is 1. The topological polar surface area (TPSA) is 35.5 Å². The zero-order valence-corrected chi connectivity index (χ0v) is 8.04. The van der Waals surface area contributed by atoms with Crippen LogP contribution in [0.2, 0.25) is 0 Å². The molecule has 0 radical (unpaired) electrons. The number of Topliss-reactive ketones (excluding diaryl/α,β-unsaturated/α-hetero) is 1. The quantitative estimate of drug-likeness (QED) is 0.619. The molecule has 1 saturated carbocycles. The Kier molecular flexibility index (Phi) is 2.39. The minimum Gasteiger partial charge on any atom is -0.350 e. The van der Waals surface area contributed by atoms with Gasteiger partial charge in [-0.05, 0) is 12.8 Å². The molecule has 0 bridgehead atoms. The highest BCUT2D eigenvalue weighted by atomic mass is 16.7. The fourth-order valence-corrected chi connectivity index (χ4v) is 2.10. The smallest absolute Gasteiger partial charge is 0.163 e. The van der Waals surface area contributed by atoms with Crippen LogP contribution in [0.25, 0.3) is 0 Å². The average molecular weight is 184 g/mol. The number of ketones is 1. The minimum absolute atomic E-state index is 0.0689. The van der Waals surface area contributed by atoms with Gasteiger partial charge in [0.15, 0.2) is 6.29 Å². The summed E-state index contributed by atoms with van der Waals surface area (Å²) >= 11 is 0. The van der Waals surface area contributed by atoms with E-state index in [4.69, 9.17) is 9.47 Å². The summed E-state index contributed by atoms with van der Waals surface area (Å²) in [5.74, 6) is 0.385. The first-order valence-electron chi connectivity index (χ1n) is 4.96. The summed E-state index contributed by atoms with van der Waals surface area (Å²) in [7, 11) is 0. The van der Waals surface area contributed by atoms with Crippen molar-refractivity contribution in [2.45, 2.75) is 38.9 Å². The van der Waals surface area contributed by atoms with E-state index < -0.39 is 0 Å². The summed E-state index contributed by atoms with van der Waals surface area (Å²) in [6.07, 6.45) is 3.15. The molecule has 74 valence electrons. The third-order valence-corrected chi connectivity index (χ3v) is 3.14. The Labute approximate surface area is 78.4 Å². The third-order valence-electron chi connectivity index (χ3n) is 3.14. The first-order chi connectivity index (χ1) is 6.21. The normalized spacial score (nSPS) is 29.5. The van der Waals surface area contributed by atoms with E-state index in [1.807, 2.05) is 0 Å².